The van der Waals surface area contributed by atoms with Crippen LogP contribution in [0, 0.1) is 5.92 Å². The molecule has 1 heterocycles. The Bertz CT molecular complexity index is 494. The highest BCUT2D eigenvalue weighted by atomic mass is 79.9. The average Bonchev–Trinajstić information content (AvgIpc) is 2.61. The van der Waals surface area contributed by atoms with Crippen LogP contribution in [0.2, 0.25) is 0 Å². The van der Waals surface area contributed by atoms with Crippen molar-refractivity contribution in [1.29, 1.82) is 0 Å². The van der Waals surface area contributed by atoms with E-state index in [2.05, 4.69) is 39.9 Å². The van der Waals surface area contributed by atoms with Gasteiger partial charge < -0.3 is 4.74 Å². The maximum absolute atomic E-state index is 6.10. The fraction of sp³-hybridized carbons (Fsp3) is 0.500. The molecule has 0 aliphatic heterocycles. The molecule has 0 amide bonds. The van der Waals surface area contributed by atoms with E-state index < -0.39 is 0 Å². The van der Waals surface area contributed by atoms with Crippen molar-refractivity contribution >= 4 is 27.5 Å². The van der Waals surface area contributed by atoms with Gasteiger partial charge >= 0.3 is 6.01 Å². The van der Waals surface area contributed by atoms with E-state index in [1.54, 1.807) is 4.68 Å². The van der Waals surface area contributed by atoms with Crippen LogP contribution in [0.25, 0.3) is 0 Å². The van der Waals surface area contributed by atoms with Crippen molar-refractivity contribution in [3.63, 3.8) is 0 Å². The SMILES string of the molecule is CC(C)Cn1nc(Br)nc1OC1=C(Cl)C=CCC1. The van der Waals surface area contributed by atoms with Gasteiger partial charge in [-0.15, -0.1) is 5.10 Å². The predicted octanol–water partition coefficient (Wildman–Crippen LogP) is 3.88. The number of halogens is 2. The summed E-state index contributed by atoms with van der Waals surface area (Å²) in [4.78, 5) is 4.22. The van der Waals surface area contributed by atoms with Crippen molar-refractivity contribution in [2.24, 2.45) is 5.92 Å². The van der Waals surface area contributed by atoms with E-state index in [1.807, 2.05) is 12.2 Å². The summed E-state index contributed by atoms with van der Waals surface area (Å²) in [7, 11) is 0. The molecular weight excluding hydrogens is 318 g/mol. The number of hydrogen-bond acceptors (Lipinski definition) is 3. The zero-order valence-corrected chi connectivity index (χ0v) is 12.7. The van der Waals surface area contributed by atoms with E-state index in [-0.39, 0.29) is 0 Å². The summed E-state index contributed by atoms with van der Waals surface area (Å²) in [5.74, 6) is 1.22. The number of aromatic nitrogens is 3. The predicted molar refractivity (Wildman–Crippen MR) is 74.4 cm³/mol. The molecule has 0 bridgehead atoms. The van der Waals surface area contributed by atoms with Gasteiger partial charge in [0.15, 0.2) is 0 Å². The maximum atomic E-state index is 6.10. The summed E-state index contributed by atoms with van der Waals surface area (Å²) in [5, 5.41) is 4.89. The lowest BCUT2D eigenvalue weighted by Gasteiger charge is -2.13. The normalized spacial score (nSPS) is 15.6. The molecule has 0 radical (unpaired) electrons. The van der Waals surface area contributed by atoms with Crippen LogP contribution in [0.15, 0.2) is 27.7 Å². The molecule has 0 saturated carbocycles. The Labute approximate surface area is 120 Å². The van der Waals surface area contributed by atoms with Crippen molar-refractivity contribution in [3.05, 3.63) is 27.7 Å². The van der Waals surface area contributed by atoms with Crippen LogP contribution in [0.1, 0.15) is 26.7 Å². The molecule has 0 unspecified atom stereocenters. The van der Waals surface area contributed by atoms with E-state index >= 15 is 0 Å². The van der Waals surface area contributed by atoms with Gasteiger partial charge in [-0.1, -0.05) is 31.5 Å². The van der Waals surface area contributed by atoms with Gasteiger partial charge in [0.1, 0.15) is 5.76 Å². The second-order valence-corrected chi connectivity index (χ2v) is 5.67. The molecule has 0 atom stereocenters. The molecule has 0 fully saturated rings. The van der Waals surface area contributed by atoms with E-state index in [0.29, 0.717) is 21.7 Å². The van der Waals surface area contributed by atoms with Crippen molar-refractivity contribution < 1.29 is 4.74 Å². The largest absolute Gasteiger partial charge is 0.427 e. The summed E-state index contributed by atoms with van der Waals surface area (Å²) in [5.41, 5.74) is 0. The van der Waals surface area contributed by atoms with Gasteiger partial charge in [0.2, 0.25) is 4.73 Å². The first-order chi connectivity index (χ1) is 8.56. The second-order valence-electron chi connectivity index (χ2n) is 4.55. The third-order valence-electron chi connectivity index (χ3n) is 2.43. The number of nitrogens with zero attached hydrogens (tertiary/aromatic N) is 3. The molecule has 0 N–H and O–H groups in total. The van der Waals surface area contributed by atoms with Crippen LogP contribution in [-0.4, -0.2) is 14.8 Å². The number of ether oxygens (including phenoxy) is 1. The molecule has 2 rings (SSSR count). The van der Waals surface area contributed by atoms with Gasteiger partial charge in [-0.05, 0) is 34.3 Å². The Morgan fingerprint density at radius 3 is 3.00 bits per heavy atom. The van der Waals surface area contributed by atoms with Crippen molar-refractivity contribution in [3.8, 4) is 6.01 Å². The van der Waals surface area contributed by atoms with E-state index in [0.717, 1.165) is 25.1 Å². The van der Waals surface area contributed by atoms with Gasteiger partial charge in [0.25, 0.3) is 0 Å². The molecule has 0 saturated heterocycles. The lowest BCUT2D eigenvalue weighted by atomic mass is 10.2. The fourth-order valence-electron chi connectivity index (χ4n) is 1.67. The Hall–Kier alpha value is -0.810. The molecule has 4 nitrogen and oxygen atoms in total. The minimum absolute atomic E-state index is 0.469. The molecule has 1 aliphatic carbocycles. The molecule has 18 heavy (non-hydrogen) atoms. The van der Waals surface area contributed by atoms with Crippen LogP contribution >= 0.6 is 27.5 Å². The van der Waals surface area contributed by atoms with Gasteiger partial charge in [-0.25, -0.2) is 4.68 Å². The molecule has 1 aromatic rings. The van der Waals surface area contributed by atoms with Gasteiger partial charge in [0.05, 0.1) is 5.03 Å². The Morgan fingerprint density at radius 1 is 1.56 bits per heavy atom. The minimum Gasteiger partial charge on any atom is -0.427 e. The van der Waals surface area contributed by atoms with Gasteiger partial charge in [-0.3, -0.25) is 0 Å². The highest BCUT2D eigenvalue weighted by molar-refractivity contribution is 9.10. The monoisotopic (exact) mass is 331 g/mol. The zero-order valence-electron chi connectivity index (χ0n) is 10.4. The van der Waals surface area contributed by atoms with E-state index in [4.69, 9.17) is 16.3 Å². The van der Waals surface area contributed by atoms with Crippen molar-refractivity contribution in [1.82, 2.24) is 14.8 Å². The van der Waals surface area contributed by atoms with E-state index in [1.165, 1.54) is 0 Å². The lowest BCUT2D eigenvalue weighted by molar-refractivity contribution is 0.327. The summed E-state index contributed by atoms with van der Waals surface area (Å²) < 4.78 is 8.06. The Morgan fingerprint density at radius 2 is 2.33 bits per heavy atom. The minimum atomic E-state index is 0.469. The third kappa shape index (κ3) is 3.36. The third-order valence-corrected chi connectivity index (χ3v) is 3.11. The second kappa shape index (κ2) is 5.89. The fourth-order valence-corrected chi connectivity index (χ4v) is 2.23. The van der Waals surface area contributed by atoms with Crippen LogP contribution in [-0.2, 0) is 6.54 Å². The molecule has 98 valence electrons. The van der Waals surface area contributed by atoms with Crippen LogP contribution in [0.3, 0.4) is 0 Å². The molecule has 6 heteroatoms. The summed E-state index contributed by atoms with van der Waals surface area (Å²) in [6.45, 7) is 5.00. The number of allylic oxidation sites excluding steroid dienone is 4. The van der Waals surface area contributed by atoms with Crippen molar-refractivity contribution in [2.45, 2.75) is 33.2 Å². The van der Waals surface area contributed by atoms with Crippen LogP contribution in [0.4, 0.5) is 0 Å². The number of rotatable bonds is 4. The highest BCUT2D eigenvalue weighted by Gasteiger charge is 2.15. The quantitative estimate of drug-likeness (QED) is 0.840. The average molecular weight is 333 g/mol. The first-order valence-corrected chi connectivity index (χ1v) is 7.06. The summed E-state index contributed by atoms with van der Waals surface area (Å²) >= 11 is 9.36. The molecule has 1 aromatic heterocycles. The maximum Gasteiger partial charge on any atom is 0.321 e. The summed E-state index contributed by atoms with van der Waals surface area (Å²) in [6, 6.07) is 0.485. The smallest absolute Gasteiger partial charge is 0.321 e. The van der Waals surface area contributed by atoms with Gasteiger partial charge in [0, 0.05) is 13.0 Å². The molecule has 0 aromatic carbocycles. The number of hydrogen-bond donors (Lipinski definition) is 0. The Balaban J connectivity index is 2.20. The van der Waals surface area contributed by atoms with E-state index in [9.17, 15) is 0 Å². The zero-order chi connectivity index (χ0) is 13.1. The lowest BCUT2D eigenvalue weighted by Crippen LogP contribution is -2.10. The van der Waals surface area contributed by atoms with Crippen LogP contribution in [0.5, 0.6) is 6.01 Å². The highest BCUT2D eigenvalue weighted by Crippen LogP contribution is 2.25. The standard InChI is InChI=1S/C12H15BrClN3O/c1-8(2)7-17-12(15-11(13)16-17)18-10-6-4-3-5-9(10)14/h3,5,8H,4,6-7H2,1-2H3. The molecule has 0 spiro atoms. The first-order valence-electron chi connectivity index (χ1n) is 5.89. The Kier molecular flexibility index (Phi) is 4.45. The molecular formula is C12H15BrClN3O. The topological polar surface area (TPSA) is 39.9 Å². The summed E-state index contributed by atoms with van der Waals surface area (Å²) in [6.07, 6.45) is 5.62. The van der Waals surface area contributed by atoms with Crippen LogP contribution < -0.4 is 4.74 Å². The van der Waals surface area contributed by atoms with Gasteiger partial charge in [-0.2, -0.15) is 4.98 Å². The first kappa shape index (κ1) is 13.6. The van der Waals surface area contributed by atoms with Crippen molar-refractivity contribution in [2.75, 3.05) is 0 Å². The molecule has 1 aliphatic rings.